The summed E-state index contributed by atoms with van der Waals surface area (Å²) in [6, 6.07) is 0. The van der Waals surface area contributed by atoms with Crippen molar-refractivity contribution >= 4 is 17.9 Å². The first-order chi connectivity index (χ1) is 28.5. The fraction of sp³-hybridized carbons (Fsp3) is 0.519. The average molecular weight is 799 g/mol. The van der Waals surface area contributed by atoms with Gasteiger partial charge in [-0.05, 0) is 103 Å². The van der Waals surface area contributed by atoms with E-state index in [1.54, 1.807) is 6.08 Å². The molecule has 0 fully saturated rings. The molecule has 0 aromatic carbocycles. The lowest BCUT2D eigenvalue weighted by Crippen LogP contribution is -2.30. The molecule has 1 unspecified atom stereocenters. The number of hydrogen-bond donors (Lipinski definition) is 0. The van der Waals surface area contributed by atoms with E-state index in [4.69, 9.17) is 14.2 Å². The van der Waals surface area contributed by atoms with E-state index >= 15 is 0 Å². The van der Waals surface area contributed by atoms with Crippen molar-refractivity contribution in [2.24, 2.45) is 0 Å². The van der Waals surface area contributed by atoms with Crippen LogP contribution in [0.25, 0.3) is 0 Å². The van der Waals surface area contributed by atoms with Crippen LogP contribution in [0.3, 0.4) is 0 Å². The number of rotatable bonds is 37. The van der Waals surface area contributed by atoms with Gasteiger partial charge < -0.3 is 14.2 Å². The Morgan fingerprint density at radius 2 is 0.707 bits per heavy atom. The molecule has 0 N–H and O–H groups in total. The van der Waals surface area contributed by atoms with Gasteiger partial charge in [-0.2, -0.15) is 0 Å². The maximum atomic E-state index is 12.7. The van der Waals surface area contributed by atoms with E-state index in [-0.39, 0.29) is 44.4 Å². The summed E-state index contributed by atoms with van der Waals surface area (Å²) in [5.41, 5.74) is 0. The lowest BCUT2D eigenvalue weighted by atomic mass is 10.1. The second-order valence-corrected chi connectivity index (χ2v) is 13.8. The van der Waals surface area contributed by atoms with Crippen molar-refractivity contribution in [2.45, 2.75) is 162 Å². The zero-order valence-electron chi connectivity index (χ0n) is 36.5. The van der Waals surface area contributed by atoms with Crippen LogP contribution in [0.5, 0.6) is 0 Å². The Labute approximate surface area is 354 Å². The molecule has 0 heterocycles. The molecule has 0 aromatic heterocycles. The molecule has 0 radical (unpaired) electrons. The van der Waals surface area contributed by atoms with Gasteiger partial charge in [0.1, 0.15) is 13.2 Å². The molecule has 0 spiro atoms. The Bertz CT molecular complexity index is 1330. The Morgan fingerprint density at radius 1 is 0.362 bits per heavy atom. The Balaban J connectivity index is 4.59. The lowest BCUT2D eigenvalue weighted by molar-refractivity contribution is -0.166. The number of carbonyl (C=O) groups excluding carboxylic acids is 3. The topological polar surface area (TPSA) is 78.9 Å². The molecule has 6 heteroatoms. The van der Waals surface area contributed by atoms with Crippen LogP contribution in [0.4, 0.5) is 0 Å². The highest BCUT2D eigenvalue weighted by Crippen LogP contribution is 2.10. The predicted molar refractivity (Wildman–Crippen MR) is 246 cm³/mol. The van der Waals surface area contributed by atoms with E-state index in [0.29, 0.717) is 12.8 Å². The first-order valence-corrected chi connectivity index (χ1v) is 22.2. The van der Waals surface area contributed by atoms with Crippen LogP contribution in [-0.2, 0) is 28.6 Å². The first-order valence-electron chi connectivity index (χ1n) is 22.2. The van der Waals surface area contributed by atoms with Gasteiger partial charge in [0.25, 0.3) is 0 Å². The molecule has 58 heavy (non-hydrogen) atoms. The second-order valence-electron chi connectivity index (χ2n) is 13.8. The van der Waals surface area contributed by atoms with E-state index in [2.05, 4.69) is 142 Å². The number of unbranched alkanes of at least 4 members (excludes halogenated alkanes) is 5. The van der Waals surface area contributed by atoms with Crippen LogP contribution in [0.1, 0.15) is 156 Å². The van der Waals surface area contributed by atoms with E-state index in [1.807, 2.05) is 6.08 Å². The van der Waals surface area contributed by atoms with Gasteiger partial charge in [0, 0.05) is 12.8 Å². The third-order valence-corrected chi connectivity index (χ3v) is 8.41. The molecular formula is C52H78O6. The van der Waals surface area contributed by atoms with Gasteiger partial charge in [-0.25, -0.2) is 0 Å². The molecule has 0 aromatic rings. The molecule has 0 rings (SSSR count). The van der Waals surface area contributed by atoms with E-state index in [9.17, 15) is 14.4 Å². The summed E-state index contributed by atoms with van der Waals surface area (Å²) >= 11 is 0. The van der Waals surface area contributed by atoms with Gasteiger partial charge in [-0.1, -0.05) is 167 Å². The minimum Gasteiger partial charge on any atom is -0.462 e. The molecule has 0 bridgehead atoms. The van der Waals surface area contributed by atoms with Gasteiger partial charge in [0.05, 0.1) is 6.42 Å². The predicted octanol–water partition coefficient (Wildman–Crippen LogP) is 14.4. The van der Waals surface area contributed by atoms with Crippen molar-refractivity contribution in [1.29, 1.82) is 0 Å². The molecule has 0 aliphatic rings. The highest BCUT2D eigenvalue weighted by Gasteiger charge is 2.19. The normalized spacial score (nSPS) is 13.4. The van der Waals surface area contributed by atoms with E-state index in [0.717, 1.165) is 103 Å². The van der Waals surface area contributed by atoms with E-state index < -0.39 is 12.1 Å². The SMILES string of the molecule is CC/C=C\C/C=C\C/C=C\C/C=C\C/C=C\CCCC(=O)OCC(COC(=O)C/C=C\C/C=C\C/C=C\CC)OC(=O)CCCCCC/C=C\C/C=C\C/C=C\CC. The molecule has 1 atom stereocenters. The maximum Gasteiger partial charge on any atom is 0.309 e. The van der Waals surface area contributed by atoms with Crippen molar-refractivity contribution in [3.63, 3.8) is 0 Å². The molecule has 0 aliphatic carbocycles. The summed E-state index contributed by atoms with van der Waals surface area (Å²) < 4.78 is 16.5. The van der Waals surface area contributed by atoms with Crippen LogP contribution in [0.15, 0.2) is 134 Å². The Morgan fingerprint density at radius 3 is 1.16 bits per heavy atom. The summed E-state index contributed by atoms with van der Waals surface area (Å²) in [4.78, 5) is 37.6. The monoisotopic (exact) mass is 799 g/mol. The zero-order chi connectivity index (χ0) is 42.3. The molecule has 0 saturated heterocycles. The number of ether oxygens (including phenoxy) is 3. The Hall–Kier alpha value is -4.45. The Kier molecular flexibility index (Phi) is 41.8. The van der Waals surface area contributed by atoms with E-state index in [1.165, 1.54) is 0 Å². The summed E-state index contributed by atoms with van der Waals surface area (Å²) in [5.74, 6) is -1.17. The number of carbonyl (C=O) groups is 3. The van der Waals surface area contributed by atoms with Crippen LogP contribution in [-0.4, -0.2) is 37.2 Å². The minimum atomic E-state index is -0.851. The van der Waals surface area contributed by atoms with Crippen molar-refractivity contribution in [3.8, 4) is 0 Å². The first kappa shape index (κ1) is 53.6. The van der Waals surface area contributed by atoms with Crippen molar-refractivity contribution < 1.29 is 28.6 Å². The van der Waals surface area contributed by atoms with Gasteiger partial charge >= 0.3 is 17.9 Å². The fourth-order valence-corrected chi connectivity index (χ4v) is 5.20. The molecule has 0 saturated carbocycles. The molecule has 0 aliphatic heterocycles. The standard InChI is InChI=1S/C52H78O6/c1-4-7-10-13-16-19-21-23-25-26-27-29-30-33-36-39-42-45-51(54)57-48-49(47-56-50(53)44-41-38-35-32-18-15-12-9-6-3)58-52(55)46-43-40-37-34-31-28-24-22-20-17-14-11-8-5-2/h7-12,16-20,23-25,27-29,32-33,36,38,41,49H,4-6,13-15,21-22,26,30-31,34-35,37,39-40,42-48H2,1-3H3/b10-7-,11-8-,12-9-,19-16-,20-17-,25-23-,28-24-,29-27-,32-18-,36-33-,41-38-. The smallest absolute Gasteiger partial charge is 0.309 e. The highest BCUT2D eigenvalue weighted by atomic mass is 16.6. The van der Waals surface area contributed by atoms with Gasteiger partial charge in [-0.15, -0.1) is 0 Å². The van der Waals surface area contributed by atoms with Crippen molar-refractivity contribution in [2.75, 3.05) is 13.2 Å². The quantitative estimate of drug-likeness (QED) is 0.0270. The summed E-state index contributed by atoms with van der Waals surface area (Å²) in [7, 11) is 0. The second kappa shape index (κ2) is 45.3. The van der Waals surface area contributed by atoms with Crippen LogP contribution in [0.2, 0.25) is 0 Å². The summed E-state index contributed by atoms with van der Waals surface area (Å²) in [6.07, 6.45) is 63.3. The largest absolute Gasteiger partial charge is 0.462 e. The maximum absolute atomic E-state index is 12.7. The zero-order valence-corrected chi connectivity index (χ0v) is 36.5. The third-order valence-electron chi connectivity index (χ3n) is 8.41. The third kappa shape index (κ3) is 42.7. The molecule has 322 valence electrons. The van der Waals surface area contributed by atoms with Gasteiger partial charge in [0.2, 0.25) is 0 Å². The minimum absolute atomic E-state index is 0.113. The van der Waals surface area contributed by atoms with Gasteiger partial charge in [-0.3, -0.25) is 14.4 Å². The summed E-state index contributed by atoms with van der Waals surface area (Å²) in [5, 5.41) is 0. The average Bonchev–Trinajstić information content (AvgIpc) is 3.22. The van der Waals surface area contributed by atoms with Crippen LogP contribution < -0.4 is 0 Å². The van der Waals surface area contributed by atoms with Crippen LogP contribution in [0, 0.1) is 0 Å². The molecular weight excluding hydrogens is 721 g/mol. The van der Waals surface area contributed by atoms with Gasteiger partial charge in [0.15, 0.2) is 6.10 Å². The fourth-order valence-electron chi connectivity index (χ4n) is 5.20. The van der Waals surface area contributed by atoms with Crippen molar-refractivity contribution in [3.05, 3.63) is 134 Å². The lowest BCUT2D eigenvalue weighted by Gasteiger charge is -2.18. The molecule has 0 amide bonds. The van der Waals surface area contributed by atoms with Crippen LogP contribution >= 0.6 is 0 Å². The highest BCUT2D eigenvalue weighted by molar-refractivity contribution is 5.72. The summed E-state index contributed by atoms with van der Waals surface area (Å²) in [6.45, 7) is 6.08. The number of hydrogen-bond acceptors (Lipinski definition) is 6. The molecule has 6 nitrogen and oxygen atoms in total. The number of allylic oxidation sites excluding steroid dienone is 21. The number of esters is 3. The van der Waals surface area contributed by atoms with Crippen molar-refractivity contribution in [1.82, 2.24) is 0 Å².